The van der Waals surface area contributed by atoms with Gasteiger partial charge in [0.2, 0.25) is 5.91 Å². The van der Waals surface area contributed by atoms with Crippen LogP contribution in [0.25, 0.3) is 27.7 Å². The van der Waals surface area contributed by atoms with Gasteiger partial charge in [-0.2, -0.15) is 18.3 Å². The molecular formula is C22H16F3N3O. The first kappa shape index (κ1) is 18.7. The van der Waals surface area contributed by atoms with Gasteiger partial charge in [0.05, 0.1) is 11.4 Å². The van der Waals surface area contributed by atoms with Crippen molar-refractivity contribution in [2.75, 3.05) is 0 Å². The standard InChI is InChI=1S/C22H16F3N3O/c1-13-2-3-16-11-17(5-4-15(16)10-13)19-12-20(22(23,24)25)27-28(19)18-8-6-14(7-9-18)21(26)29/h2-12H,1H3,(H2,26,29). The number of nitrogens with two attached hydrogens (primary N) is 1. The number of aromatic nitrogens is 2. The van der Waals surface area contributed by atoms with E-state index < -0.39 is 17.8 Å². The monoisotopic (exact) mass is 395 g/mol. The summed E-state index contributed by atoms with van der Waals surface area (Å²) in [5.41, 5.74) is 6.90. The van der Waals surface area contributed by atoms with E-state index in [-0.39, 0.29) is 5.56 Å². The molecule has 2 N–H and O–H groups in total. The van der Waals surface area contributed by atoms with Crippen molar-refractivity contribution in [1.29, 1.82) is 0 Å². The van der Waals surface area contributed by atoms with Crippen LogP contribution >= 0.6 is 0 Å². The average molecular weight is 395 g/mol. The Hall–Kier alpha value is -3.61. The second-order valence-electron chi connectivity index (χ2n) is 6.80. The summed E-state index contributed by atoms with van der Waals surface area (Å²) in [6, 6.07) is 18.3. The van der Waals surface area contributed by atoms with E-state index in [1.807, 2.05) is 37.3 Å². The number of nitrogens with zero attached hydrogens (tertiary/aromatic N) is 2. The molecule has 0 atom stereocenters. The fourth-order valence-corrected chi connectivity index (χ4v) is 3.21. The van der Waals surface area contributed by atoms with Gasteiger partial charge < -0.3 is 5.73 Å². The van der Waals surface area contributed by atoms with E-state index in [4.69, 9.17) is 5.73 Å². The molecule has 0 bridgehead atoms. The molecule has 4 nitrogen and oxygen atoms in total. The Kier molecular flexibility index (Phi) is 4.38. The van der Waals surface area contributed by atoms with Crippen LogP contribution in [-0.4, -0.2) is 15.7 Å². The molecule has 1 heterocycles. The summed E-state index contributed by atoms with van der Waals surface area (Å²) in [4.78, 5) is 11.3. The van der Waals surface area contributed by atoms with Crippen LogP contribution in [0.15, 0.2) is 66.7 Å². The number of rotatable bonds is 3. The lowest BCUT2D eigenvalue weighted by molar-refractivity contribution is -0.141. The van der Waals surface area contributed by atoms with Crippen molar-refractivity contribution in [1.82, 2.24) is 9.78 Å². The Balaban J connectivity index is 1.89. The molecule has 0 spiro atoms. The van der Waals surface area contributed by atoms with Crippen molar-refractivity contribution in [2.24, 2.45) is 5.73 Å². The lowest BCUT2D eigenvalue weighted by Gasteiger charge is -2.09. The normalized spacial score (nSPS) is 11.7. The first-order chi connectivity index (χ1) is 13.7. The molecule has 0 unspecified atom stereocenters. The minimum atomic E-state index is -4.58. The largest absolute Gasteiger partial charge is 0.435 e. The van der Waals surface area contributed by atoms with Gasteiger partial charge in [-0.05, 0) is 54.1 Å². The van der Waals surface area contributed by atoms with Crippen molar-refractivity contribution in [3.05, 3.63) is 83.6 Å². The highest BCUT2D eigenvalue weighted by Gasteiger charge is 2.35. The fraction of sp³-hybridized carbons (Fsp3) is 0.0909. The number of primary amides is 1. The van der Waals surface area contributed by atoms with Crippen LogP contribution in [0.5, 0.6) is 0 Å². The van der Waals surface area contributed by atoms with Crippen molar-refractivity contribution in [3.8, 4) is 16.9 Å². The first-order valence-electron chi connectivity index (χ1n) is 8.81. The number of alkyl halides is 3. The zero-order valence-electron chi connectivity index (χ0n) is 15.4. The van der Waals surface area contributed by atoms with Crippen LogP contribution < -0.4 is 5.73 Å². The van der Waals surface area contributed by atoms with E-state index in [0.29, 0.717) is 16.9 Å². The Morgan fingerprint density at radius 3 is 2.24 bits per heavy atom. The molecule has 0 aliphatic rings. The quantitative estimate of drug-likeness (QED) is 0.523. The van der Waals surface area contributed by atoms with Crippen LogP contribution in [0.1, 0.15) is 21.6 Å². The zero-order valence-corrected chi connectivity index (χ0v) is 15.4. The minimum absolute atomic E-state index is 0.263. The Labute approximate surface area is 164 Å². The molecule has 4 aromatic rings. The van der Waals surface area contributed by atoms with Crippen molar-refractivity contribution in [2.45, 2.75) is 13.1 Å². The second-order valence-corrected chi connectivity index (χ2v) is 6.80. The molecule has 0 aliphatic heterocycles. The van der Waals surface area contributed by atoms with Crippen LogP contribution in [0.4, 0.5) is 13.2 Å². The number of amides is 1. The number of aryl methyl sites for hydroxylation is 1. The van der Waals surface area contributed by atoms with E-state index in [9.17, 15) is 18.0 Å². The third-order valence-electron chi connectivity index (χ3n) is 4.69. The molecule has 0 saturated heterocycles. The molecule has 0 aliphatic carbocycles. The summed E-state index contributed by atoms with van der Waals surface area (Å²) in [6.45, 7) is 1.98. The smallest absolute Gasteiger partial charge is 0.366 e. The van der Waals surface area contributed by atoms with E-state index >= 15 is 0 Å². The lowest BCUT2D eigenvalue weighted by atomic mass is 10.0. The second kappa shape index (κ2) is 6.77. The van der Waals surface area contributed by atoms with Gasteiger partial charge in [0.1, 0.15) is 0 Å². The Bertz CT molecular complexity index is 1220. The Morgan fingerprint density at radius 1 is 0.931 bits per heavy atom. The summed E-state index contributed by atoms with van der Waals surface area (Å²) in [6.07, 6.45) is -4.58. The summed E-state index contributed by atoms with van der Waals surface area (Å²) >= 11 is 0. The van der Waals surface area contributed by atoms with Crippen LogP contribution in [0.2, 0.25) is 0 Å². The maximum atomic E-state index is 13.3. The van der Waals surface area contributed by atoms with Crippen molar-refractivity contribution < 1.29 is 18.0 Å². The van der Waals surface area contributed by atoms with Crippen LogP contribution in [-0.2, 0) is 6.18 Å². The number of carbonyl (C=O) groups excluding carboxylic acids is 1. The highest BCUT2D eigenvalue weighted by molar-refractivity contribution is 5.93. The van der Waals surface area contributed by atoms with Crippen molar-refractivity contribution in [3.63, 3.8) is 0 Å². The van der Waals surface area contributed by atoms with Gasteiger partial charge in [0.15, 0.2) is 5.69 Å². The third kappa shape index (κ3) is 3.59. The summed E-state index contributed by atoms with van der Waals surface area (Å²) in [5, 5.41) is 5.69. The van der Waals surface area contributed by atoms with E-state index in [1.54, 1.807) is 6.07 Å². The van der Waals surface area contributed by atoms with Gasteiger partial charge in [-0.1, -0.05) is 35.9 Å². The van der Waals surface area contributed by atoms with Crippen LogP contribution in [0, 0.1) is 6.92 Å². The van der Waals surface area contributed by atoms with Gasteiger partial charge >= 0.3 is 6.18 Å². The predicted octanol–water partition coefficient (Wildman–Crippen LogP) is 5.12. The van der Waals surface area contributed by atoms with Crippen LogP contribution in [0.3, 0.4) is 0 Å². The first-order valence-corrected chi connectivity index (χ1v) is 8.81. The van der Waals surface area contributed by atoms with Gasteiger partial charge in [-0.25, -0.2) is 4.68 Å². The van der Waals surface area contributed by atoms with Gasteiger partial charge in [-0.15, -0.1) is 0 Å². The number of fused-ring (bicyclic) bond motifs is 1. The summed E-state index contributed by atoms with van der Waals surface area (Å²) in [5.74, 6) is -0.613. The summed E-state index contributed by atoms with van der Waals surface area (Å²) < 4.78 is 41.3. The highest BCUT2D eigenvalue weighted by Crippen LogP contribution is 2.34. The SMILES string of the molecule is Cc1ccc2cc(-c3cc(C(F)(F)F)nn3-c3ccc(C(N)=O)cc3)ccc2c1. The fourth-order valence-electron chi connectivity index (χ4n) is 3.21. The summed E-state index contributed by atoms with van der Waals surface area (Å²) in [7, 11) is 0. The maximum Gasteiger partial charge on any atom is 0.435 e. The Morgan fingerprint density at radius 2 is 1.59 bits per heavy atom. The average Bonchev–Trinajstić information content (AvgIpc) is 3.13. The topological polar surface area (TPSA) is 60.9 Å². The molecule has 0 saturated carbocycles. The molecule has 29 heavy (non-hydrogen) atoms. The third-order valence-corrected chi connectivity index (χ3v) is 4.69. The molecule has 1 amide bonds. The molecule has 4 rings (SSSR count). The zero-order chi connectivity index (χ0) is 20.8. The maximum absolute atomic E-state index is 13.3. The molecule has 0 radical (unpaired) electrons. The molecule has 146 valence electrons. The van der Waals surface area contributed by atoms with Gasteiger partial charge in [0, 0.05) is 11.1 Å². The molecule has 7 heteroatoms. The molecular weight excluding hydrogens is 379 g/mol. The lowest BCUT2D eigenvalue weighted by Crippen LogP contribution is -2.11. The molecule has 1 aromatic heterocycles. The van der Waals surface area contributed by atoms with Gasteiger partial charge in [0.25, 0.3) is 0 Å². The number of hydrogen-bond acceptors (Lipinski definition) is 2. The minimum Gasteiger partial charge on any atom is -0.366 e. The van der Waals surface area contributed by atoms with E-state index in [1.165, 1.54) is 28.9 Å². The number of halogens is 3. The van der Waals surface area contributed by atoms with E-state index in [2.05, 4.69) is 5.10 Å². The number of benzene rings is 3. The molecule has 0 fully saturated rings. The van der Waals surface area contributed by atoms with Gasteiger partial charge in [-0.3, -0.25) is 4.79 Å². The van der Waals surface area contributed by atoms with E-state index in [0.717, 1.165) is 22.4 Å². The predicted molar refractivity (Wildman–Crippen MR) is 105 cm³/mol. The molecule has 3 aromatic carbocycles. The number of hydrogen-bond donors (Lipinski definition) is 1. The number of carbonyl (C=O) groups is 1. The highest BCUT2D eigenvalue weighted by atomic mass is 19.4. The van der Waals surface area contributed by atoms with Crippen molar-refractivity contribution >= 4 is 16.7 Å².